The van der Waals surface area contributed by atoms with Gasteiger partial charge in [-0.3, -0.25) is 0 Å². The van der Waals surface area contributed by atoms with E-state index in [4.69, 9.17) is 7.58 Å². The highest BCUT2D eigenvalue weighted by Crippen LogP contribution is 2.41. The predicted octanol–water partition coefficient (Wildman–Crippen LogP) is 3.70. The van der Waals surface area contributed by atoms with Crippen LogP contribution in [0.1, 0.15) is 30.9 Å². The maximum atomic E-state index is 14.0. The summed E-state index contributed by atoms with van der Waals surface area (Å²) in [5, 5.41) is 0. The molecule has 10 heteroatoms. The van der Waals surface area contributed by atoms with Gasteiger partial charge in [0, 0.05) is 23.7 Å². The van der Waals surface area contributed by atoms with Gasteiger partial charge in [-0.2, -0.15) is 13.2 Å². The van der Waals surface area contributed by atoms with Crippen LogP contribution >= 0.6 is 0 Å². The molecule has 121 valence electrons. The van der Waals surface area contributed by atoms with Crippen LogP contribution in [0, 0.1) is 23.3 Å². The summed E-state index contributed by atoms with van der Waals surface area (Å²) in [6.45, 7) is 2.78. The second kappa shape index (κ2) is 6.00. The van der Waals surface area contributed by atoms with Gasteiger partial charge in [-0.25, -0.2) is 17.6 Å². The van der Waals surface area contributed by atoms with Crippen molar-refractivity contribution in [1.82, 2.24) is 0 Å². The summed E-state index contributed by atoms with van der Waals surface area (Å²) in [5.41, 5.74) is -3.73. The molecule has 2 nitrogen and oxygen atoms in total. The van der Waals surface area contributed by atoms with Gasteiger partial charge in [0.25, 0.3) is 0 Å². The lowest BCUT2D eigenvalue weighted by Crippen LogP contribution is -2.39. The van der Waals surface area contributed by atoms with E-state index in [1.165, 1.54) is 13.8 Å². The molecule has 0 saturated carbocycles. The largest absolute Gasteiger partial charge is 0.668 e. The fourth-order valence-corrected chi connectivity index (χ4v) is 3.17. The number of halogens is 7. The lowest BCUT2D eigenvalue weighted by atomic mass is 9.87. The molecule has 0 aliphatic carbocycles. The average Bonchev–Trinajstić information content (AvgIpc) is 2.38. The van der Waals surface area contributed by atoms with Crippen molar-refractivity contribution < 1.29 is 38.3 Å². The molecule has 1 aromatic rings. The van der Waals surface area contributed by atoms with Crippen LogP contribution in [0.4, 0.5) is 30.7 Å². The monoisotopic (exact) mass is 345 g/mol. The van der Waals surface area contributed by atoms with Gasteiger partial charge >= 0.3 is 22.1 Å². The van der Waals surface area contributed by atoms with E-state index < -0.39 is 74.6 Å². The van der Waals surface area contributed by atoms with Crippen LogP contribution in [0.25, 0.3) is 0 Å². The summed E-state index contributed by atoms with van der Waals surface area (Å²) in [5.74, 6) is -10.4. The van der Waals surface area contributed by atoms with Crippen LogP contribution in [-0.2, 0) is 13.8 Å². The smallest absolute Gasteiger partial charge is 0.481 e. The van der Waals surface area contributed by atoms with Gasteiger partial charge in [-0.05, 0) is 13.8 Å². The molecule has 1 aliphatic heterocycles. The summed E-state index contributed by atoms with van der Waals surface area (Å²) in [4.78, 5) is 0. The molecule has 22 heavy (non-hydrogen) atoms. The van der Waals surface area contributed by atoms with Crippen molar-refractivity contribution in [3.8, 4) is 0 Å². The maximum absolute atomic E-state index is 14.0. The van der Waals surface area contributed by atoms with Crippen molar-refractivity contribution in [2.45, 2.75) is 38.1 Å². The van der Waals surface area contributed by atoms with E-state index in [1.807, 2.05) is 0 Å². The van der Waals surface area contributed by atoms with Gasteiger partial charge < -0.3 is 7.58 Å². The van der Waals surface area contributed by atoms with Crippen molar-refractivity contribution >= 4 is 15.9 Å². The van der Waals surface area contributed by atoms with Crippen molar-refractivity contribution in [1.29, 1.82) is 0 Å². The van der Waals surface area contributed by atoms with Gasteiger partial charge in [-0.1, -0.05) is 0 Å². The zero-order valence-electron chi connectivity index (χ0n) is 11.3. The molecule has 0 bridgehead atoms. The van der Waals surface area contributed by atoms with Crippen LogP contribution in [-0.4, -0.2) is 28.1 Å². The van der Waals surface area contributed by atoms with Crippen molar-refractivity contribution in [3.63, 3.8) is 0 Å². The molecule has 2 unspecified atom stereocenters. The minimum atomic E-state index is -5.56. The molecule has 0 spiro atoms. The fraction of sp³-hybridized carbons (Fsp3) is 0.500. The normalized spacial score (nSPS) is 26.0. The number of rotatable bonds is 1. The minimum absolute atomic E-state index is 0.863. The summed E-state index contributed by atoms with van der Waals surface area (Å²) >= 11 is -0.926. The lowest BCUT2D eigenvalue weighted by molar-refractivity contribution is -0.143. The lowest BCUT2D eigenvalue weighted by Gasteiger charge is -2.36. The van der Waals surface area contributed by atoms with Gasteiger partial charge in [0.15, 0.2) is 23.3 Å². The first-order valence-electron chi connectivity index (χ1n) is 6.13. The molecule has 2 rings (SSSR count). The van der Waals surface area contributed by atoms with E-state index in [-0.39, 0.29) is 0 Å². The van der Waals surface area contributed by atoms with Crippen LogP contribution in [0.15, 0.2) is 0 Å². The van der Waals surface area contributed by atoms with Gasteiger partial charge in [0.2, 0.25) is 0 Å². The second-order valence-electron chi connectivity index (χ2n) is 4.85. The predicted molar refractivity (Wildman–Crippen MR) is 60.9 cm³/mol. The van der Waals surface area contributed by atoms with E-state index in [0.29, 0.717) is 0 Å². The Bertz CT molecular complexity index is 551. The van der Waals surface area contributed by atoms with E-state index in [1.54, 1.807) is 0 Å². The average molecular weight is 345 g/mol. The van der Waals surface area contributed by atoms with E-state index in [2.05, 4.69) is 0 Å². The molecule has 1 aromatic carbocycles. The highest BCUT2D eigenvalue weighted by Gasteiger charge is 2.45. The number of alkyl halides is 3. The summed E-state index contributed by atoms with van der Waals surface area (Å²) in [7, 11) is 0. The quantitative estimate of drug-likeness (QED) is 0.439. The Morgan fingerprint density at radius 1 is 0.818 bits per heavy atom. The molecule has 1 fully saturated rings. The molecule has 1 saturated heterocycles. The SMILES string of the molecule is CC1[O][Al][O]C(C)C1c1c(F)c(F)c(C(F)(F)F)c(F)c1F. The van der Waals surface area contributed by atoms with E-state index in [0.717, 1.165) is 0 Å². The third-order valence-corrected chi connectivity index (χ3v) is 4.55. The second-order valence-corrected chi connectivity index (χ2v) is 5.58. The summed E-state index contributed by atoms with van der Waals surface area (Å²) in [6.07, 6.45) is -7.29. The number of hydrogen-bond donors (Lipinski definition) is 0. The molecule has 0 N–H and O–H groups in total. The van der Waals surface area contributed by atoms with Crippen molar-refractivity contribution in [2.24, 2.45) is 0 Å². The zero-order valence-corrected chi connectivity index (χ0v) is 12.4. The minimum Gasteiger partial charge on any atom is -0.481 e. The summed E-state index contributed by atoms with van der Waals surface area (Å²) in [6, 6.07) is 0. The third kappa shape index (κ3) is 2.85. The maximum Gasteiger partial charge on any atom is 0.668 e. The topological polar surface area (TPSA) is 18.5 Å². The van der Waals surface area contributed by atoms with Gasteiger partial charge in [0.05, 0.1) is 0 Å². The number of benzene rings is 1. The molecular weight excluding hydrogens is 336 g/mol. The van der Waals surface area contributed by atoms with Crippen LogP contribution in [0.2, 0.25) is 0 Å². The van der Waals surface area contributed by atoms with Crippen molar-refractivity contribution in [3.05, 3.63) is 34.4 Å². The highest BCUT2D eigenvalue weighted by atomic mass is 27.2. The van der Waals surface area contributed by atoms with E-state index in [9.17, 15) is 30.7 Å². The van der Waals surface area contributed by atoms with Crippen LogP contribution in [0.5, 0.6) is 0 Å². The Kier molecular flexibility index (Phi) is 4.78. The highest BCUT2D eigenvalue weighted by molar-refractivity contribution is 6.18. The molecule has 1 radical (unpaired) electrons. The van der Waals surface area contributed by atoms with Crippen LogP contribution in [0.3, 0.4) is 0 Å². The molecule has 0 amide bonds. The number of hydrogen-bond acceptors (Lipinski definition) is 2. The Balaban J connectivity index is 2.69. The molecule has 1 heterocycles. The first kappa shape index (κ1) is 17.5. The van der Waals surface area contributed by atoms with Crippen LogP contribution < -0.4 is 0 Å². The zero-order chi connectivity index (χ0) is 16.8. The first-order valence-corrected chi connectivity index (χ1v) is 7.07. The molecular formula is C12H9AlF7O2. The van der Waals surface area contributed by atoms with E-state index >= 15 is 0 Å². The third-order valence-electron chi connectivity index (χ3n) is 3.47. The van der Waals surface area contributed by atoms with Gasteiger partial charge in [-0.15, -0.1) is 0 Å². The standard InChI is InChI=1S/C12H9F7O2.Al/c1-3(20)5(4(2)21)6-8(13)10(15)7(12(17,18)19)11(16)9(6)14;/h3-5H,1-2H3;/q-2;+2. The summed E-state index contributed by atoms with van der Waals surface area (Å²) < 4.78 is 103. The van der Waals surface area contributed by atoms with Gasteiger partial charge in [0.1, 0.15) is 5.56 Å². The fourth-order valence-electron chi connectivity index (χ4n) is 2.42. The Hall–Kier alpha value is -0.818. The first-order chi connectivity index (χ1) is 10.1. The Morgan fingerprint density at radius 2 is 1.23 bits per heavy atom. The molecule has 2 atom stereocenters. The molecule has 1 aliphatic rings. The van der Waals surface area contributed by atoms with Crippen molar-refractivity contribution in [2.75, 3.05) is 0 Å². The molecule has 0 aromatic heterocycles. The Morgan fingerprint density at radius 3 is 1.59 bits per heavy atom. The Labute approximate surface area is 127 Å².